The van der Waals surface area contributed by atoms with Crippen LogP contribution in [0.1, 0.15) is 34.5 Å². The lowest BCUT2D eigenvalue weighted by Gasteiger charge is -2.18. The number of rotatable bonds is 6. The van der Waals surface area contributed by atoms with Gasteiger partial charge in [-0.1, -0.05) is 6.07 Å². The second-order valence-corrected chi connectivity index (χ2v) is 9.85. The highest BCUT2D eigenvalue weighted by Crippen LogP contribution is 2.28. The summed E-state index contributed by atoms with van der Waals surface area (Å²) in [5.41, 5.74) is 7.75. The first-order chi connectivity index (χ1) is 18.2. The summed E-state index contributed by atoms with van der Waals surface area (Å²) >= 11 is 0. The van der Waals surface area contributed by atoms with Gasteiger partial charge in [0.15, 0.2) is 11.6 Å². The predicted octanol–water partition coefficient (Wildman–Crippen LogP) is 4.94. The molecule has 1 atom stereocenters. The van der Waals surface area contributed by atoms with Gasteiger partial charge in [0.2, 0.25) is 11.8 Å². The van der Waals surface area contributed by atoms with Crippen LogP contribution in [-0.2, 0) is 9.59 Å². The zero-order valence-corrected chi connectivity index (χ0v) is 22.2. The summed E-state index contributed by atoms with van der Waals surface area (Å²) in [6, 6.07) is 17.0. The molecule has 9 heteroatoms. The summed E-state index contributed by atoms with van der Waals surface area (Å²) < 4.78 is 1.79. The number of carbonyl (C=O) groups is 2. The van der Waals surface area contributed by atoms with Crippen molar-refractivity contribution in [2.75, 3.05) is 22.1 Å². The molecule has 0 saturated carbocycles. The normalized spacial score (nSPS) is 15.1. The van der Waals surface area contributed by atoms with Gasteiger partial charge < -0.3 is 15.5 Å². The highest BCUT2D eigenvalue weighted by atomic mass is 16.2. The van der Waals surface area contributed by atoms with Crippen molar-refractivity contribution in [2.45, 2.75) is 41.0 Å². The van der Waals surface area contributed by atoms with E-state index in [0.717, 1.165) is 33.9 Å². The Bertz CT molecular complexity index is 1510. The number of nitrogens with zero attached hydrogens (tertiary/aromatic N) is 5. The molecule has 0 bridgehead atoms. The van der Waals surface area contributed by atoms with E-state index in [1.165, 1.54) is 5.56 Å². The maximum atomic E-state index is 12.9. The lowest BCUT2D eigenvalue weighted by Crippen LogP contribution is -2.28. The van der Waals surface area contributed by atoms with Crippen molar-refractivity contribution in [3.63, 3.8) is 0 Å². The summed E-state index contributed by atoms with van der Waals surface area (Å²) in [4.78, 5) is 27.2. The molecule has 1 aliphatic heterocycles. The van der Waals surface area contributed by atoms with Gasteiger partial charge in [0.05, 0.1) is 11.6 Å². The minimum absolute atomic E-state index is 0.0342. The molecule has 1 saturated heterocycles. The van der Waals surface area contributed by atoms with Gasteiger partial charge in [-0.3, -0.25) is 9.59 Å². The molecular formula is C29H31N7O2. The third kappa shape index (κ3) is 5.00. The molecule has 2 N–H and O–H groups in total. The molecule has 0 spiro atoms. The van der Waals surface area contributed by atoms with Crippen LogP contribution < -0.4 is 15.5 Å². The van der Waals surface area contributed by atoms with E-state index in [4.69, 9.17) is 0 Å². The van der Waals surface area contributed by atoms with Crippen molar-refractivity contribution in [3.8, 4) is 5.82 Å². The molecular weight excluding hydrogens is 478 g/mol. The van der Waals surface area contributed by atoms with Crippen molar-refractivity contribution in [1.82, 2.24) is 20.0 Å². The molecule has 2 amide bonds. The molecule has 1 unspecified atom stereocenters. The van der Waals surface area contributed by atoms with E-state index < -0.39 is 5.92 Å². The van der Waals surface area contributed by atoms with E-state index in [0.29, 0.717) is 23.9 Å². The predicted molar refractivity (Wildman–Crippen MR) is 148 cm³/mol. The Morgan fingerprint density at radius 1 is 0.895 bits per heavy atom. The molecule has 1 aliphatic rings. The summed E-state index contributed by atoms with van der Waals surface area (Å²) in [6.07, 6.45) is 0.199. The van der Waals surface area contributed by atoms with Crippen LogP contribution in [0.3, 0.4) is 0 Å². The van der Waals surface area contributed by atoms with E-state index in [2.05, 4.69) is 25.9 Å². The number of hydrogen-bond donors (Lipinski definition) is 2. The van der Waals surface area contributed by atoms with Crippen molar-refractivity contribution < 1.29 is 9.59 Å². The SMILES string of the molecule is Cc1ccc(N2CC(C(=O)Nc3ccc(Nc4ccc(-n5nc(C)c(C)c5C)nn4)cc3)CC2=O)cc1C. The first-order valence-electron chi connectivity index (χ1n) is 12.6. The van der Waals surface area contributed by atoms with E-state index in [1.54, 1.807) is 9.58 Å². The van der Waals surface area contributed by atoms with Crippen molar-refractivity contribution >= 4 is 34.7 Å². The lowest BCUT2D eigenvalue weighted by molar-refractivity contribution is -0.122. The second-order valence-electron chi connectivity index (χ2n) is 9.85. The van der Waals surface area contributed by atoms with Crippen LogP contribution in [0.15, 0.2) is 54.6 Å². The van der Waals surface area contributed by atoms with Crippen LogP contribution in [0, 0.1) is 40.5 Å². The second kappa shape index (κ2) is 10.1. The molecule has 2 aromatic carbocycles. The van der Waals surface area contributed by atoms with Gasteiger partial charge in [0.25, 0.3) is 0 Å². The number of hydrogen-bond acceptors (Lipinski definition) is 6. The standard InChI is InChI=1S/C29H31N7O2/c1-17-6-11-25(14-18(17)2)35-16-22(15-28(35)37)29(38)31-24-9-7-23(8-10-24)30-26-12-13-27(33-32-26)36-21(5)19(3)20(4)34-36/h6-14,22H,15-16H2,1-5H3,(H,30,32)(H,31,38). The number of amides is 2. The number of anilines is 4. The van der Waals surface area contributed by atoms with Crippen LogP contribution in [0.2, 0.25) is 0 Å². The maximum Gasteiger partial charge on any atom is 0.229 e. The van der Waals surface area contributed by atoms with Gasteiger partial charge in [-0.05, 0) is 99.8 Å². The topological polar surface area (TPSA) is 105 Å². The van der Waals surface area contributed by atoms with E-state index >= 15 is 0 Å². The molecule has 4 aromatic rings. The molecule has 38 heavy (non-hydrogen) atoms. The molecule has 0 radical (unpaired) electrons. The first-order valence-corrected chi connectivity index (χ1v) is 12.6. The van der Waals surface area contributed by atoms with Crippen molar-refractivity contribution in [1.29, 1.82) is 0 Å². The monoisotopic (exact) mass is 509 g/mol. The summed E-state index contributed by atoms with van der Waals surface area (Å²) in [5.74, 6) is 0.657. The van der Waals surface area contributed by atoms with Crippen LogP contribution in [0.5, 0.6) is 0 Å². The molecule has 5 rings (SSSR count). The number of benzene rings is 2. The first kappa shape index (κ1) is 25.1. The van der Waals surface area contributed by atoms with Gasteiger partial charge in [-0.2, -0.15) is 5.10 Å². The lowest BCUT2D eigenvalue weighted by atomic mass is 10.1. The fourth-order valence-electron chi connectivity index (χ4n) is 4.50. The minimum atomic E-state index is -0.401. The fraction of sp³-hybridized carbons (Fsp3) is 0.276. The number of aryl methyl sites for hydroxylation is 3. The quantitative estimate of drug-likeness (QED) is 0.382. The van der Waals surface area contributed by atoms with Crippen LogP contribution in [0.25, 0.3) is 5.82 Å². The summed E-state index contributed by atoms with van der Waals surface area (Å²) in [5, 5.41) is 19.3. The van der Waals surface area contributed by atoms with Gasteiger partial charge >= 0.3 is 0 Å². The zero-order valence-electron chi connectivity index (χ0n) is 22.2. The Labute approximate surface area is 221 Å². The number of carbonyl (C=O) groups excluding carboxylic acids is 2. The Morgan fingerprint density at radius 2 is 1.63 bits per heavy atom. The van der Waals surface area contributed by atoms with Crippen molar-refractivity contribution in [2.24, 2.45) is 5.92 Å². The van der Waals surface area contributed by atoms with E-state index in [9.17, 15) is 9.59 Å². The highest BCUT2D eigenvalue weighted by Gasteiger charge is 2.35. The molecule has 194 valence electrons. The van der Waals surface area contributed by atoms with Crippen LogP contribution in [-0.4, -0.2) is 38.3 Å². The minimum Gasteiger partial charge on any atom is -0.339 e. The molecule has 1 fully saturated rings. The largest absolute Gasteiger partial charge is 0.339 e. The smallest absolute Gasteiger partial charge is 0.229 e. The van der Waals surface area contributed by atoms with Gasteiger partial charge in [0, 0.05) is 35.7 Å². The Hall–Kier alpha value is -4.53. The third-order valence-electron chi connectivity index (χ3n) is 7.24. The zero-order chi connectivity index (χ0) is 27.0. The molecule has 3 heterocycles. The average molecular weight is 510 g/mol. The summed E-state index contributed by atoms with van der Waals surface area (Å²) in [6.45, 7) is 10.5. The molecule has 2 aromatic heterocycles. The Morgan fingerprint density at radius 3 is 2.26 bits per heavy atom. The Kier molecular flexibility index (Phi) is 6.67. The number of aromatic nitrogens is 4. The van der Waals surface area contributed by atoms with E-state index in [-0.39, 0.29) is 18.2 Å². The maximum absolute atomic E-state index is 12.9. The Balaban J connectivity index is 1.19. The van der Waals surface area contributed by atoms with Crippen LogP contribution in [0.4, 0.5) is 22.9 Å². The molecule has 9 nitrogen and oxygen atoms in total. The van der Waals surface area contributed by atoms with Crippen molar-refractivity contribution in [3.05, 3.63) is 82.7 Å². The summed E-state index contributed by atoms with van der Waals surface area (Å²) in [7, 11) is 0. The average Bonchev–Trinajstić information content (AvgIpc) is 3.42. The fourth-order valence-corrected chi connectivity index (χ4v) is 4.50. The van der Waals surface area contributed by atoms with Crippen LogP contribution >= 0.6 is 0 Å². The number of nitrogens with one attached hydrogen (secondary N) is 2. The van der Waals surface area contributed by atoms with E-state index in [1.807, 2.05) is 89.2 Å². The van der Waals surface area contributed by atoms with Gasteiger partial charge in [0.1, 0.15) is 0 Å². The third-order valence-corrected chi connectivity index (χ3v) is 7.24. The molecule has 0 aliphatic carbocycles. The van der Waals surface area contributed by atoms with Gasteiger partial charge in [-0.25, -0.2) is 4.68 Å². The van der Waals surface area contributed by atoms with Gasteiger partial charge in [-0.15, -0.1) is 10.2 Å². The highest BCUT2D eigenvalue weighted by molar-refractivity contribution is 6.03.